The minimum absolute atomic E-state index is 0.0428. The van der Waals surface area contributed by atoms with Crippen LogP contribution in [0.3, 0.4) is 0 Å². The Balaban J connectivity index is 1.59. The molecule has 0 aliphatic carbocycles. The van der Waals surface area contributed by atoms with Crippen molar-refractivity contribution in [2.75, 3.05) is 26.7 Å². The molecule has 33 heavy (non-hydrogen) atoms. The summed E-state index contributed by atoms with van der Waals surface area (Å²) in [4.78, 5) is 31.5. The van der Waals surface area contributed by atoms with Crippen molar-refractivity contribution in [3.63, 3.8) is 0 Å². The van der Waals surface area contributed by atoms with E-state index in [9.17, 15) is 9.59 Å². The van der Waals surface area contributed by atoms with Crippen LogP contribution in [0.5, 0.6) is 5.75 Å². The SMILES string of the molecule is COc1ccc(-c2[nH]c3cccc4c3c2CCNC4=O)cc1C(=O)N1CC(C)C(N)C(C)C1. The monoisotopic (exact) mass is 446 g/mol. The first-order chi connectivity index (χ1) is 15.9. The van der Waals surface area contributed by atoms with Gasteiger partial charge in [0.15, 0.2) is 0 Å². The number of hydrogen-bond donors (Lipinski definition) is 3. The van der Waals surface area contributed by atoms with Gasteiger partial charge in [0, 0.05) is 47.8 Å². The lowest BCUT2D eigenvalue weighted by atomic mass is 9.86. The fourth-order valence-electron chi connectivity index (χ4n) is 5.34. The van der Waals surface area contributed by atoms with Crippen LogP contribution in [0.4, 0.5) is 0 Å². The molecule has 2 aromatic carbocycles. The fourth-order valence-corrected chi connectivity index (χ4v) is 5.34. The Hall–Kier alpha value is -3.32. The van der Waals surface area contributed by atoms with Crippen LogP contribution < -0.4 is 15.8 Å². The Kier molecular flexibility index (Phi) is 5.37. The first kappa shape index (κ1) is 21.5. The number of nitrogens with one attached hydrogen (secondary N) is 2. The van der Waals surface area contributed by atoms with Crippen molar-refractivity contribution in [1.82, 2.24) is 15.2 Å². The van der Waals surface area contributed by atoms with E-state index in [2.05, 4.69) is 24.1 Å². The standard InChI is InChI=1S/C26H30N4O3/c1-14-12-30(13-15(2)23(14)27)26(32)19-11-16(7-8-21(19)33-3)24-17-9-10-28-25(31)18-5-4-6-20(29-24)22(17)18/h4-8,11,14-15,23,29H,9-10,12-13,27H2,1-3H3,(H,28,31). The van der Waals surface area contributed by atoms with Gasteiger partial charge in [0.1, 0.15) is 5.75 Å². The van der Waals surface area contributed by atoms with Crippen molar-refractivity contribution in [3.05, 3.63) is 53.1 Å². The van der Waals surface area contributed by atoms with Gasteiger partial charge >= 0.3 is 0 Å². The summed E-state index contributed by atoms with van der Waals surface area (Å²) in [6.07, 6.45) is 0.715. The molecular weight excluding hydrogens is 416 g/mol. The van der Waals surface area contributed by atoms with Gasteiger partial charge in [-0.3, -0.25) is 9.59 Å². The molecule has 0 saturated carbocycles. The number of H-pyrrole nitrogens is 1. The largest absolute Gasteiger partial charge is 0.496 e. The van der Waals surface area contributed by atoms with Gasteiger partial charge in [-0.15, -0.1) is 0 Å². The molecular formula is C26H30N4O3. The van der Waals surface area contributed by atoms with Gasteiger partial charge in [0.2, 0.25) is 0 Å². The Bertz CT molecular complexity index is 1240. The highest BCUT2D eigenvalue weighted by Crippen LogP contribution is 2.36. The number of methoxy groups -OCH3 is 1. The van der Waals surface area contributed by atoms with Gasteiger partial charge in [-0.05, 0) is 59.7 Å². The summed E-state index contributed by atoms with van der Waals surface area (Å²) in [7, 11) is 1.59. The van der Waals surface area contributed by atoms with Crippen LogP contribution in [0.15, 0.2) is 36.4 Å². The molecule has 5 rings (SSSR count). The highest BCUT2D eigenvalue weighted by Gasteiger charge is 2.33. The second kappa shape index (κ2) is 8.23. The van der Waals surface area contributed by atoms with Crippen molar-refractivity contribution in [1.29, 1.82) is 0 Å². The van der Waals surface area contributed by atoms with Gasteiger partial charge in [-0.1, -0.05) is 19.9 Å². The van der Waals surface area contributed by atoms with Crippen molar-refractivity contribution in [3.8, 4) is 17.0 Å². The number of hydrogen-bond acceptors (Lipinski definition) is 4. The van der Waals surface area contributed by atoms with Gasteiger partial charge < -0.3 is 25.7 Å². The first-order valence-corrected chi connectivity index (χ1v) is 11.5. The maximum absolute atomic E-state index is 13.6. The van der Waals surface area contributed by atoms with Crippen LogP contribution in [-0.2, 0) is 6.42 Å². The van der Waals surface area contributed by atoms with E-state index < -0.39 is 0 Å². The number of piperidine rings is 1. The molecule has 3 aromatic rings. The van der Waals surface area contributed by atoms with Crippen LogP contribution in [0, 0.1) is 11.8 Å². The average molecular weight is 447 g/mol. The van der Waals surface area contributed by atoms with E-state index >= 15 is 0 Å². The lowest BCUT2D eigenvalue weighted by Crippen LogP contribution is -2.53. The lowest BCUT2D eigenvalue weighted by molar-refractivity contribution is 0.0583. The number of nitrogens with zero attached hydrogens (tertiary/aromatic N) is 1. The molecule has 1 aromatic heterocycles. The molecule has 1 fully saturated rings. The molecule has 0 spiro atoms. The maximum Gasteiger partial charge on any atom is 0.257 e. The number of nitrogens with two attached hydrogens (primary N) is 1. The molecule has 0 radical (unpaired) electrons. The van der Waals surface area contributed by atoms with Crippen LogP contribution >= 0.6 is 0 Å². The molecule has 2 aliphatic rings. The molecule has 7 nitrogen and oxygen atoms in total. The number of carbonyl (C=O) groups is 2. The number of benzene rings is 2. The quantitative estimate of drug-likeness (QED) is 0.575. The summed E-state index contributed by atoms with van der Waals surface area (Å²) in [6.45, 7) is 6.02. The van der Waals surface area contributed by atoms with Crippen LogP contribution in [0.25, 0.3) is 22.2 Å². The Morgan fingerprint density at radius 2 is 1.91 bits per heavy atom. The number of likely N-dealkylation sites (tertiary alicyclic amines) is 1. The minimum Gasteiger partial charge on any atom is -0.496 e. The molecule has 1 saturated heterocycles. The second-order valence-corrected chi connectivity index (χ2v) is 9.37. The van der Waals surface area contributed by atoms with Crippen molar-refractivity contribution in [2.45, 2.75) is 26.3 Å². The summed E-state index contributed by atoms with van der Waals surface area (Å²) in [5.74, 6) is 0.925. The third kappa shape index (κ3) is 3.56. The van der Waals surface area contributed by atoms with Crippen LogP contribution in [0.2, 0.25) is 0 Å². The molecule has 2 atom stereocenters. The predicted molar refractivity (Wildman–Crippen MR) is 129 cm³/mol. The molecule has 2 aliphatic heterocycles. The summed E-state index contributed by atoms with van der Waals surface area (Å²) in [5.41, 5.74) is 11.4. The van der Waals surface area contributed by atoms with E-state index in [1.54, 1.807) is 7.11 Å². The third-order valence-corrected chi connectivity index (χ3v) is 7.17. The molecule has 172 valence electrons. The summed E-state index contributed by atoms with van der Waals surface area (Å²) in [6, 6.07) is 11.6. The normalized spacial score (nSPS) is 22.7. The number of amides is 2. The number of ether oxygens (including phenoxy) is 1. The molecule has 2 amide bonds. The Morgan fingerprint density at radius 3 is 2.64 bits per heavy atom. The van der Waals surface area contributed by atoms with Gasteiger partial charge in [-0.2, -0.15) is 0 Å². The number of carbonyl (C=O) groups excluding carboxylic acids is 2. The molecule has 2 unspecified atom stereocenters. The highest BCUT2D eigenvalue weighted by atomic mass is 16.5. The average Bonchev–Trinajstić information content (AvgIpc) is 3.10. The summed E-state index contributed by atoms with van der Waals surface area (Å²) in [5, 5.41) is 3.93. The zero-order valence-electron chi connectivity index (χ0n) is 19.3. The summed E-state index contributed by atoms with van der Waals surface area (Å²) < 4.78 is 5.57. The number of rotatable bonds is 3. The van der Waals surface area contributed by atoms with Crippen LogP contribution in [-0.4, -0.2) is 54.5 Å². The van der Waals surface area contributed by atoms with Crippen molar-refractivity contribution in [2.24, 2.45) is 17.6 Å². The van der Waals surface area contributed by atoms with Crippen molar-refractivity contribution < 1.29 is 14.3 Å². The highest BCUT2D eigenvalue weighted by molar-refractivity contribution is 6.10. The van der Waals surface area contributed by atoms with E-state index in [1.165, 1.54) is 0 Å². The minimum atomic E-state index is -0.0537. The van der Waals surface area contributed by atoms with Gasteiger partial charge in [-0.25, -0.2) is 0 Å². The topological polar surface area (TPSA) is 100 Å². The van der Waals surface area contributed by atoms with E-state index in [4.69, 9.17) is 10.5 Å². The first-order valence-electron chi connectivity index (χ1n) is 11.5. The smallest absolute Gasteiger partial charge is 0.257 e. The third-order valence-electron chi connectivity index (χ3n) is 7.17. The van der Waals surface area contributed by atoms with Crippen LogP contribution in [0.1, 0.15) is 40.1 Å². The molecule has 0 bridgehead atoms. The van der Waals surface area contributed by atoms with E-state index in [0.717, 1.165) is 27.7 Å². The Morgan fingerprint density at radius 1 is 1.15 bits per heavy atom. The van der Waals surface area contributed by atoms with Crippen molar-refractivity contribution >= 4 is 22.7 Å². The van der Waals surface area contributed by atoms with Gasteiger partial charge in [0.05, 0.1) is 12.7 Å². The van der Waals surface area contributed by atoms with E-state index in [-0.39, 0.29) is 29.7 Å². The maximum atomic E-state index is 13.6. The molecule has 3 heterocycles. The molecule has 4 N–H and O–H groups in total. The lowest BCUT2D eigenvalue weighted by Gasteiger charge is -2.39. The number of aromatic nitrogens is 1. The zero-order chi connectivity index (χ0) is 23.3. The Labute approximate surface area is 193 Å². The molecule has 7 heteroatoms. The number of aromatic amines is 1. The fraction of sp³-hybridized carbons (Fsp3) is 0.385. The zero-order valence-corrected chi connectivity index (χ0v) is 19.3. The predicted octanol–water partition coefficient (Wildman–Crippen LogP) is 3.18. The summed E-state index contributed by atoms with van der Waals surface area (Å²) >= 11 is 0. The van der Waals surface area contributed by atoms with E-state index in [0.29, 0.717) is 42.9 Å². The van der Waals surface area contributed by atoms with E-state index in [1.807, 2.05) is 41.3 Å². The van der Waals surface area contributed by atoms with Gasteiger partial charge in [0.25, 0.3) is 11.8 Å². The second-order valence-electron chi connectivity index (χ2n) is 9.37.